The van der Waals surface area contributed by atoms with Gasteiger partial charge in [0, 0.05) is 31.7 Å². The van der Waals surface area contributed by atoms with Crippen molar-refractivity contribution >= 4 is 5.69 Å². The predicted molar refractivity (Wildman–Crippen MR) is 58.4 cm³/mol. The van der Waals surface area contributed by atoms with Crippen molar-refractivity contribution in [2.24, 2.45) is 0 Å². The number of hydrogen-bond acceptors (Lipinski definition) is 3. The van der Waals surface area contributed by atoms with Gasteiger partial charge in [-0.15, -0.1) is 0 Å². The fourth-order valence-corrected chi connectivity index (χ4v) is 1.98. The Labute approximate surface area is 89.1 Å². The van der Waals surface area contributed by atoms with Crippen molar-refractivity contribution in [3.63, 3.8) is 0 Å². The summed E-state index contributed by atoms with van der Waals surface area (Å²) in [6, 6.07) is 3.73. The first-order chi connectivity index (χ1) is 7.31. The number of hydrogen-bond donors (Lipinski definition) is 1. The lowest BCUT2D eigenvalue weighted by atomic mass is 9.94. The van der Waals surface area contributed by atoms with E-state index in [0.29, 0.717) is 12.3 Å². The third kappa shape index (κ3) is 2.26. The summed E-state index contributed by atoms with van der Waals surface area (Å²) in [4.78, 5) is 6.52. The van der Waals surface area contributed by atoms with Crippen LogP contribution in [-0.4, -0.2) is 36.2 Å². The van der Waals surface area contributed by atoms with Gasteiger partial charge in [0.05, 0.1) is 18.1 Å². The van der Waals surface area contributed by atoms with Crippen molar-refractivity contribution < 1.29 is 4.39 Å². The van der Waals surface area contributed by atoms with Crippen LogP contribution in [0, 0.1) is 0 Å². The summed E-state index contributed by atoms with van der Waals surface area (Å²) in [5.74, 6) is 0.436. The monoisotopic (exact) mass is 209 g/mol. The third-order valence-electron chi connectivity index (χ3n) is 2.82. The minimum atomic E-state index is -0.229. The quantitative estimate of drug-likeness (QED) is 0.815. The molecule has 82 valence electrons. The van der Waals surface area contributed by atoms with E-state index in [1.165, 1.54) is 0 Å². The molecule has 2 N–H and O–H groups in total. The van der Waals surface area contributed by atoms with Crippen molar-refractivity contribution in [2.45, 2.75) is 12.3 Å². The zero-order valence-corrected chi connectivity index (χ0v) is 8.69. The molecule has 0 spiro atoms. The van der Waals surface area contributed by atoms with Crippen molar-refractivity contribution in [2.75, 3.05) is 32.0 Å². The number of alkyl halides is 1. The topological polar surface area (TPSA) is 42.1 Å². The lowest BCUT2D eigenvalue weighted by Gasteiger charge is -2.39. The highest BCUT2D eigenvalue weighted by Crippen LogP contribution is 2.28. The zero-order chi connectivity index (χ0) is 10.7. The average molecular weight is 209 g/mol. The van der Waals surface area contributed by atoms with E-state index < -0.39 is 0 Å². The molecule has 0 bridgehead atoms. The number of nitrogen functional groups attached to an aromatic ring is 1. The molecule has 0 saturated carbocycles. The van der Waals surface area contributed by atoms with Crippen LogP contribution in [0.1, 0.15) is 18.0 Å². The summed E-state index contributed by atoms with van der Waals surface area (Å²) < 4.78 is 11.9. The first kappa shape index (κ1) is 10.4. The Morgan fingerprint density at radius 3 is 3.00 bits per heavy atom. The molecule has 2 heterocycles. The Hall–Kier alpha value is -1.16. The molecule has 4 heteroatoms. The normalized spacial score (nSPS) is 17.7. The van der Waals surface area contributed by atoms with Gasteiger partial charge in [-0.1, -0.05) is 0 Å². The standard InChI is InChI=1S/C11H16FN3/c12-4-2-6-15-7-9(8-15)11-10(13)3-1-5-14-11/h1,3,5,9H,2,4,6-8,13H2. The lowest BCUT2D eigenvalue weighted by Crippen LogP contribution is -2.45. The Bertz CT molecular complexity index is 323. The van der Waals surface area contributed by atoms with Crippen molar-refractivity contribution in [3.05, 3.63) is 24.0 Å². The third-order valence-corrected chi connectivity index (χ3v) is 2.82. The van der Waals surface area contributed by atoms with Gasteiger partial charge in [0.25, 0.3) is 0 Å². The van der Waals surface area contributed by atoms with E-state index in [4.69, 9.17) is 5.73 Å². The molecule has 0 aliphatic carbocycles. The van der Waals surface area contributed by atoms with E-state index in [0.717, 1.165) is 31.0 Å². The molecule has 0 atom stereocenters. The molecule has 2 rings (SSSR count). The highest BCUT2D eigenvalue weighted by atomic mass is 19.1. The van der Waals surface area contributed by atoms with E-state index >= 15 is 0 Å². The zero-order valence-electron chi connectivity index (χ0n) is 8.69. The van der Waals surface area contributed by atoms with Crippen LogP contribution in [-0.2, 0) is 0 Å². The van der Waals surface area contributed by atoms with Crippen molar-refractivity contribution in [1.29, 1.82) is 0 Å². The summed E-state index contributed by atoms with van der Waals surface area (Å²) in [6.45, 7) is 2.54. The number of nitrogens with two attached hydrogens (primary N) is 1. The fraction of sp³-hybridized carbons (Fsp3) is 0.545. The minimum Gasteiger partial charge on any atom is -0.397 e. The number of aromatic nitrogens is 1. The van der Waals surface area contributed by atoms with Crippen LogP contribution in [0.5, 0.6) is 0 Å². The van der Waals surface area contributed by atoms with Gasteiger partial charge in [0.15, 0.2) is 0 Å². The molecule has 0 amide bonds. The Balaban J connectivity index is 1.87. The second-order valence-electron chi connectivity index (χ2n) is 3.98. The molecule has 1 aromatic heterocycles. The second-order valence-corrected chi connectivity index (χ2v) is 3.98. The summed E-state index contributed by atoms with van der Waals surface area (Å²) >= 11 is 0. The van der Waals surface area contributed by atoms with E-state index in [-0.39, 0.29) is 6.67 Å². The molecule has 0 unspecified atom stereocenters. The fourth-order valence-electron chi connectivity index (χ4n) is 1.98. The average Bonchev–Trinajstić information content (AvgIpc) is 2.18. The van der Waals surface area contributed by atoms with Crippen LogP contribution in [0.25, 0.3) is 0 Å². The predicted octanol–water partition coefficient (Wildman–Crippen LogP) is 1.42. The Morgan fingerprint density at radius 1 is 1.53 bits per heavy atom. The highest BCUT2D eigenvalue weighted by Gasteiger charge is 2.29. The largest absolute Gasteiger partial charge is 0.397 e. The van der Waals surface area contributed by atoms with Gasteiger partial charge >= 0.3 is 0 Å². The van der Waals surface area contributed by atoms with Crippen LogP contribution < -0.4 is 5.73 Å². The second kappa shape index (κ2) is 4.57. The van der Waals surface area contributed by atoms with Gasteiger partial charge in [-0.2, -0.15) is 0 Å². The van der Waals surface area contributed by atoms with Crippen LogP contribution >= 0.6 is 0 Å². The van der Waals surface area contributed by atoms with E-state index in [1.54, 1.807) is 6.20 Å². The molecular weight excluding hydrogens is 193 g/mol. The molecular formula is C11H16FN3. The maximum Gasteiger partial charge on any atom is 0.0906 e. The maximum atomic E-state index is 11.9. The van der Waals surface area contributed by atoms with Gasteiger partial charge in [0.2, 0.25) is 0 Å². The van der Waals surface area contributed by atoms with Gasteiger partial charge in [-0.25, -0.2) is 0 Å². The van der Waals surface area contributed by atoms with Crippen LogP contribution in [0.3, 0.4) is 0 Å². The van der Waals surface area contributed by atoms with Gasteiger partial charge < -0.3 is 10.6 Å². The van der Waals surface area contributed by atoms with Gasteiger partial charge in [-0.3, -0.25) is 9.37 Å². The maximum absolute atomic E-state index is 11.9. The number of anilines is 1. The molecule has 1 aromatic rings. The molecule has 15 heavy (non-hydrogen) atoms. The van der Waals surface area contributed by atoms with Crippen LogP contribution in [0.15, 0.2) is 18.3 Å². The first-order valence-electron chi connectivity index (χ1n) is 5.30. The first-order valence-corrected chi connectivity index (χ1v) is 5.30. The molecule has 1 aliphatic heterocycles. The SMILES string of the molecule is Nc1cccnc1C1CN(CCCF)C1. The number of rotatable bonds is 4. The smallest absolute Gasteiger partial charge is 0.0906 e. The molecule has 0 radical (unpaired) electrons. The van der Waals surface area contributed by atoms with Gasteiger partial charge in [-0.05, 0) is 18.6 Å². The molecule has 3 nitrogen and oxygen atoms in total. The number of pyridine rings is 1. The molecule has 1 fully saturated rings. The Morgan fingerprint density at radius 2 is 2.33 bits per heavy atom. The van der Waals surface area contributed by atoms with E-state index in [2.05, 4.69) is 9.88 Å². The van der Waals surface area contributed by atoms with Crippen molar-refractivity contribution in [1.82, 2.24) is 9.88 Å². The van der Waals surface area contributed by atoms with Gasteiger partial charge in [0.1, 0.15) is 0 Å². The van der Waals surface area contributed by atoms with Crippen molar-refractivity contribution in [3.8, 4) is 0 Å². The molecule has 1 saturated heterocycles. The van der Waals surface area contributed by atoms with Crippen LogP contribution in [0.4, 0.5) is 10.1 Å². The van der Waals surface area contributed by atoms with E-state index in [1.807, 2.05) is 12.1 Å². The minimum absolute atomic E-state index is 0.229. The summed E-state index contributed by atoms with van der Waals surface area (Å²) in [6.07, 6.45) is 2.40. The van der Waals surface area contributed by atoms with E-state index in [9.17, 15) is 4.39 Å². The highest BCUT2D eigenvalue weighted by molar-refractivity contribution is 5.44. The number of likely N-dealkylation sites (tertiary alicyclic amines) is 1. The lowest BCUT2D eigenvalue weighted by molar-refractivity contribution is 0.141. The molecule has 0 aromatic carbocycles. The summed E-state index contributed by atoms with van der Waals surface area (Å²) in [5.41, 5.74) is 7.60. The summed E-state index contributed by atoms with van der Waals surface area (Å²) in [5, 5.41) is 0. The van der Waals surface area contributed by atoms with Crippen LogP contribution in [0.2, 0.25) is 0 Å². The number of halogens is 1. The number of nitrogens with zero attached hydrogens (tertiary/aromatic N) is 2. The molecule has 1 aliphatic rings. The summed E-state index contributed by atoms with van der Waals surface area (Å²) in [7, 11) is 0. The Kier molecular flexibility index (Phi) is 3.16.